The normalized spacial score (nSPS) is 12.7. The Morgan fingerprint density at radius 3 is 2.84 bits per heavy atom. The van der Waals surface area contributed by atoms with Crippen LogP contribution in [0, 0.1) is 5.82 Å². The summed E-state index contributed by atoms with van der Waals surface area (Å²) in [5.74, 6) is -3.54. The lowest BCUT2D eigenvalue weighted by Gasteiger charge is -2.04. The van der Waals surface area contributed by atoms with Gasteiger partial charge in [-0.3, -0.25) is 0 Å². The molecule has 0 spiro atoms. The highest BCUT2D eigenvalue weighted by Crippen LogP contribution is 2.44. The summed E-state index contributed by atoms with van der Waals surface area (Å²) in [6.45, 7) is -0.158. The van der Waals surface area contributed by atoms with Crippen LogP contribution in [0.3, 0.4) is 0 Å². The van der Waals surface area contributed by atoms with Crippen molar-refractivity contribution in [1.29, 1.82) is 0 Å². The molecule has 0 aliphatic carbocycles. The number of ether oxygens (including phenoxy) is 2. The van der Waals surface area contributed by atoms with Gasteiger partial charge in [-0.1, -0.05) is 5.16 Å². The number of aromatic carboxylic acids is 1. The Kier molecular flexibility index (Phi) is 2.31. The van der Waals surface area contributed by atoms with Gasteiger partial charge in [-0.25, -0.2) is 4.79 Å². The summed E-state index contributed by atoms with van der Waals surface area (Å²) in [5, 5.41) is 21.9. The van der Waals surface area contributed by atoms with Crippen LogP contribution in [0.4, 0.5) is 4.39 Å². The molecule has 0 saturated heterocycles. The number of aromatic nitrogens is 1. The molecule has 3 rings (SSSR count). The molecule has 0 radical (unpaired) electrons. The van der Waals surface area contributed by atoms with Crippen molar-refractivity contribution in [3.05, 3.63) is 23.7 Å². The minimum Gasteiger partial charge on any atom is -0.504 e. The topological polar surface area (TPSA) is 102 Å². The summed E-state index contributed by atoms with van der Waals surface area (Å²) in [4.78, 5) is 10.7. The molecule has 2 N–H and O–H groups in total. The monoisotopic (exact) mass is 267 g/mol. The molecule has 19 heavy (non-hydrogen) atoms. The molecule has 0 atom stereocenters. The molecule has 0 bridgehead atoms. The third kappa shape index (κ3) is 1.65. The number of carboxylic acid groups (broad SMARTS) is 1. The molecule has 2 aromatic rings. The van der Waals surface area contributed by atoms with Crippen molar-refractivity contribution in [3.63, 3.8) is 0 Å². The maximum atomic E-state index is 13.8. The number of phenolic OH excluding ortho intramolecular Hbond substituents is 1. The van der Waals surface area contributed by atoms with E-state index in [9.17, 15) is 14.3 Å². The molecule has 1 aromatic heterocycles. The number of hydrogen-bond donors (Lipinski definition) is 2. The van der Waals surface area contributed by atoms with E-state index in [1.807, 2.05) is 0 Å². The van der Waals surface area contributed by atoms with Gasteiger partial charge >= 0.3 is 5.97 Å². The molecule has 7 nitrogen and oxygen atoms in total. The highest BCUT2D eigenvalue weighted by Gasteiger charge is 2.26. The van der Waals surface area contributed by atoms with E-state index in [1.165, 1.54) is 6.07 Å². The predicted octanol–water partition coefficient (Wildman–Crippen LogP) is 1.61. The van der Waals surface area contributed by atoms with Gasteiger partial charge in [0.05, 0.1) is 5.56 Å². The maximum absolute atomic E-state index is 13.8. The second kappa shape index (κ2) is 3.87. The van der Waals surface area contributed by atoms with E-state index < -0.39 is 23.3 Å². The van der Waals surface area contributed by atoms with Gasteiger partial charge in [-0.15, -0.1) is 0 Å². The van der Waals surface area contributed by atoms with E-state index in [-0.39, 0.29) is 29.5 Å². The van der Waals surface area contributed by atoms with E-state index in [0.717, 1.165) is 6.07 Å². The van der Waals surface area contributed by atoms with Gasteiger partial charge in [-0.2, -0.15) is 4.39 Å². The van der Waals surface area contributed by atoms with Crippen molar-refractivity contribution in [2.45, 2.75) is 0 Å². The van der Waals surface area contributed by atoms with E-state index in [2.05, 4.69) is 9.68 Å². The number of halogens is 1. The fourth-order valence-electron chi connectivity index (χ4n) is 1.69. The van der Waals surface area contributed by atoms with Crippen LogP contribution in [0.2, 0.25) is 0 Å². The van der Waals surface area contributed by atoms with Crippen molar-refractivity contribution in [1.82, 2.24) is 5.16 Å². The summed E-state index contributed by atoms with van der Waals surface area (Å²) in [5.41, 5.74) is -0.0647. The van der Waals surface area contributed by atoms with E-state index in [0.29, 0.717) is 0 Å². The summed E-state index contributed by atoms with van der Waals surface area (Å²) in [7, 11) is 0. The Morgan fingerprint density at radius 2 is 2.16 bits per heavy atom. The van der Waals surface area contributed by atoms with Gasteiger partial charge in [-0.05, 0) is 6.07 Å². The fraction of sp³-hybridized carbons (Fsp3) is 0.0909. The predicted molar refractivity (Wildman–Crippen MR) is 56.6 cm³/mol. The molecule has 1 aliphatic rings. The first-order valence-electron chi connectivity index (χ1n) is 5.09. The minimum atomic E-state index is -1.32. The van der Waals surface area contributed by atoms with Crippen molar-refractivity contribution in [2.75, 3.05) is 6.79 Å². The number of benzene rings is 1. The van der Waals surface area contributed by atoms with Crippen LogP contribution >= 0.6 is 0 Å². The SMILES string of the molecule is O=C(O)c1cc(-c2cc3c(c(F)c2O)OCO3)no1. The second-order valence-corrected chi connectivity index (χ2v) is 3.70. The lowest BCUT2D eigenvalue weighted by molar-refractivity contribution is 0.0652. The zero-order valence-electron chi connectivity index (χ0n) is 9.21. The van der Waals surface area contributed by atoms with Gasteiger partial charge in [0, 0.05) is 6.07 Å². The third-order valence-electron chi connectivity index (χ3n) is 2.58. The summed E-state index contributed by atoms with van der Waals surface area (Å²) >= 11 is 0. The van der Waals surface area contributed by atoms with Crippen LogP contribution < -0.4 is 9.47 Å². The molecule has 1 aliphatic heterocycles. The Hall–Kier alpha value is -2.77. The molecule has 0 amide bonds. The number of fused-ring (bicyclic) bond motifs is 1. The first-order valence-corrected chi connectivity index (χ1v) is 5.09. The highest BCUT2D eigenvalue weighted by atomic mass is 19.1. The molecule has 0 unspecified atom stereocenters. The molecule has 2 heterocycles. The number of nitrogens with zero attached hydrogens (tertiary/aromatic N) is 1. The highest BCUT2D eigenvalue weighted by molar-refractivity contribution is 5.86. The molecule has 98 valence electrons. The molecular formula is C11H6FNO6. The Balaban J connectivity index is 2.14. The fourth-order valence-corrected chi connectivity index (χ4v) is 1.69. The van der Waals surface area contributed by atoms with Crippen LogP contribution in [0.25, 0.3) is 11.3 Å². The molecule has 0 saturated carbocycles. The van der Waals surface area contributed by atoms with E-state index in [4.69, 9.17) is 14.6 Å². The number of carbonyl (C=O) groups is 1. The third-order valence-corrected chi connectivity index (χ3v) is 2.58. The van der Waals surface area contributed by atoms with Crippen LogP contribution in [-0.4, -0.2) is 28.1 Å². The largest absolute Gasteiger partial charge is 0.504 e. The lowest BCUT2D eigenvalue weighted by atomic mass is 10.1. The smallest absolute Gasteiger partial charge is 0.374 e. The number of phenols is 1. The van der Waals surface area contributed by atoms with E-state index in [1.54, 1.807) is 0 Å². The van der Waals surface area contributed by atoms with Gasteiger partial charge in [0.25, 0.3) is 0 Å². The average Bonchev–Trinajstić information content (AvgIpc) is 3.01. The Bertz CT molecular complexity index is 680. The summed E-state index contributed by atoms with van der Waals surface area (Å²) in [6.07, 6.45) is 0. The van der Waals surface area contributed by atoms with Crippen molar-refractivity contribution < 1.29 is 33.4 Å². The number of aromatic hydroxyl groups is 1. The van der Waals surface area contributed by atoms with Crippen LogP contribution in [-0.2, 0) is 0 Å². The molecule has 0 fully saturated rings. The minimum absolute atomic E-state index is 0.0212. The van der Waals surface area contributed by atoms with Gasteiger partial charge in [0.2, 0.25) is 24.1 Å². The summed E-state index contributed by atoms with van der Waals surface area (Å²) < 4.78 is 28.2. The maximum Gasteiger partial charge on any atom is 0.374 e. The van der Waals surface area contributed by atoms with Gasteiger partial charge in [0.1, 0.15) is 5.69 Å². The Labute approximate surface area is 104 Å². The zero-order valence-corrected chi connectivity index (χ0v) is 9.21. The number of rotatable bonds is 2. The van der Waals surface area contributed by atoms with Crippen LogP contribution in [0.15, 0.2) is 16.7 Å². The van der Waals surface area contributed by atoms with Crippen molar-refractivity contribution >= 4 is 5.97 Å². The number of carboxylic acids is 1. The molecule has 1 aromatic carbocycles. The van der Waals surface area contributed by atoms with Crippen molar-refractivity contribution in [3.8, 4) is 28.5 Å². The first kappa shape index (κ1) is 11.3. The number of hydrogen-bond acceptors (Lipinski definition) is 6. The average molecular weight is 267 g/mol. The Morgan fingerprint density at radius 1 is 1.37 bits per heavy atom. The van der Waals surface area contributed by atoms with Gasteiger partial charge < -0.3 is 24.2 Å². The standard InChI is InChI=1S/C11H6FNO6/c12-8-9(14)4(1-6-10(8)18-3-17-6)5-2-7(11(15)16)19-13-5/h1-2,14H,3H2,(H,15,16). The van der Waals surface area contributed by atoms with E-state index >= 15 is 0 Å². The van der Waals surface area contributed by atoms with Crippen LogP contribution in [0.1, 0.15) is 10.6 Å². The van der Waals surface area contributed by atoms with Crippen LogP contribution in [0.5, 0.6) is 17.2 Å². The van der Waals surface area contributed by atoms with Crippen molar-refractivity contribution in [2.24, 2.45) is 0 Å². The molecular weight excluding hydrogens is 261 g/mol. The zero-order chi connectivity index (χ0) is 13.6. The molecule has 8 heteroatoms. The quantitative estimate of drug-likeness (QED) is 0.852. The summed E-state index contributed by atoms with van der Waals surface area (Å²) in [6, 6.07) is 2.36. The second-order valence-electron chi connectivity index (χ2n) is 3.70. The van der Waals surface area contributed by atoms with Gasteiger partial charge in [0.15, 0.2) is 11.5 Å². The lowest BCUT2D eigenvalue weighted by Crippen LogP contribution is -1.93. The first-order chi connectivity index (χ1) is 9.08.